The minimum absolute atomic E-state index is 0.00170. The predicted molar refractivity (Wildman–Crippen MR) is 89.9 cm³/mol. The molecule has 0 bridgehead atoms. The van der Waals surface area contributed by atoms with Gasteiger partial charge in [0.05, 0.1) is 18.3 Å². The van der Waals surface area contributed by atoms with E-state index >= 15 is 0 Å². The molecule has 0 radical (unpaired) electrons. The van der Waals surface area contributed by atoms with Crippen LogP contribution in [0.3, 0.4) is 0 Å². The van der Waals surface area contributed by atoms with Gasteiger partial charge in [-0.1, -0.05) is 34.8 Å². The van der Waals surface area contributed by atoms with Gasteiger partial charge in [-0.25, -0.2) is 4.98 Å². The Morgan fingerprint density at radius 2 is 2.09 bits per heavy atom. The van der Waals surface area contributed by atoms with E-state index in [1.54, 1.807) is 12.1 Å². The zero-order valence-corrected chi connectivity index (χ0v) is 13.9. The molecular formula is C14H9Cl3N4O2. The highest BCUT2D eigenvalue weighted by Crippen LogP contribution is 2.34. The Kier molecular flexibility index (Phi) is 5.50. The van der Waals surface area contributed by atoms with Crippen LogP contribution in [-0.4, -0.2) is 23.4 Å². The quantitative estimate of drug-likeness (QED) is 0.480. The molecule has 9 heteroatoms. The summed E-state index contributed by atoms with van der Waals surface area (Å²) in [7, 11) is 1.44. The molecule has 118 valence electrons. The average Bonchev–Trinajstić information content (AvgIpc) is 2.54. The van der Waals surface area contributed by atoms with Crippen LogP contribution in [0.5, 0.6) is 11.5 Å². The molecule has 0 saturated carbocycles. The van der Waals surface area contributed by atoms with Gasteiger partial charge in [-0.3, -0.25) is 5.43 Å². The molecule has 2 aromatic rings. The molecule has 0 aliphatic rings. The number of hydrogen-bond donors (Lipinski definition) is 2. The summed E-state index contributed by atoms with van der Waals surface area (Å²) in [6.45, 7) is 0. The van der Waals surface area contributed by atoms with Crippen LogP contribution in [0.15, 0.2) is 23.3 Å². The van der Waals surface area contributed by atoms with Crippen molar-refractivity contribution >= 4 is 46.8 Å². The highest BCUT2D eigenvalue weighted by atomic mass is 35.5. The highest BCUT2D eigenvalue weighted by Gasteiger charge is 2.15. The van der Waals surface area contributed by atoms with Crippen molar-refractivity contribution in [3.05, 3.63) is 44.5 Å². The Morgan fingerprint density at radius 3 is 2.74 bits per heavy atom. The maximum atomic E-state index is 9.52. The molecule has 0 amide bonds. The van der Waals surface area contributed by atoms with Crippen molar-refractivity contribution < 1.29 is 9.84 Å². The number of methoxy groups -OCH3 is 1. The van der Waals surface area contributed by atoms with E-state index in [2.05, 4.69) is 15.5 Å². The van der Waals surface area contributed by atoms with Crippen LogP contribution in [0.2, 0.25) is 15.2 Å². The van der Waals surface area contributed by atoms with E-state index in [1.807, 2.05) is 6.07 Å². The van der Waals surface area contributed by atoms with Gasteiger partial charge in [0, 0.05) is 0 Å². The average molecular weight is 372 g/mol. The number of halogens is 3. The van der Waals surface area contributed by atoms with Gasteiger partial charge in [0.15, 0.2) is 22.5 Å². The van der Waals surface area contributed by atoms with Crippen LogP contribution in [-0.2, 0) is 0 Å². The molecule has 0 aliphatic carbocycles. The number of nitrogens with zero attached hydrogens (tertiary/aromatic N) is 3. The first-order chi connectivity index (χ1) is 11.0. The standard InChI is InChI=1S/C14H9Cl3N4O2/c1-23-10-4-7(2-3-9(10)22)6-19-21-14-12(16)11(15)8(5-18)13(17)20-14/h2-4,6,22H,1H3,(H,20,21)/b19-6+. The van der Waals surface area contributed by atoms with E-state index in [9.17, 15) is 5.11 Å². The first-order valence-electron chi connectivity index (χ1n) is 6.08. The number of pyridine rings is 1. The highest BCUT2D eigenvalue weighted by molar-refractivity contribution is 6.45. The van der Waals surface area contributed by atoms with E-state index < -0.39 is 0 Å². The maximum Gasteiger partial charge on any atom is 0.168 e. The molecule has 1 aromatic heterocycles. The van der Waals surface area contributed by atoms with Crippen molar-refractivity contribution in [2.75, 3.05) is 12.5 Å². The molecule has 2 rings (SSSR count). The summed E-state index contributed by atoms with van der Waals surface area (Å²) in [5.74, 6) is 0.449. The molecule has 23 heavy (non-hydrogen) atoms. The number of benzene rings is 1. The van der Waals surface area contributed by atoms with Gasteiger partial charge in [0.2, 0.25) is 0 Å². The molecule has 1 heterocycles. The van der Waals surface area contributed by atoms with E-state index in [0.29, 0.717) is 11.3 Å². The number of ether oxygens (including phenoxy) is 1. The number of anilines is 1. The Labute approximate surface area is 146 Å². The number of aromatic nitrogens is 1. The minimum Gasteiger partial charge on any atom is -0.504 e. The van der Waals surface area contributed by atoms with Crippen molar-refractivity contribution in [2.45, 2.75) is 0 Å². The molecule has 0 spiro atoms. The Morgan fingerprint density at radius 1 is 1.35 bits per heavy atom. The number of phenols is 1. The molecule has 0 fully saturated rings. The Balaban J connectivity index is 2.23. The summed E-state index contributed by atoms with van der Waals surface area (Å²) < 4.78 is 5.00. The third-order valence-corrected chi connectivity index (χ3v) is 3.85. The molecule has 0 aliphatic heterocycles. The van der Waals surface area contributed by atoms with Gasteiger partial charge in [0.25, 0.3) is 0 Å². The number of hydrogen-bond acceptors (Lipinski definition) is 6. The lowest BCUT2D eigenvalue weighted by molar-refractivity contribution is 0.373. The van der Waals surface area contributed by atoms with E-state index in [1.165, 1.54) is 19.4 Å². The van der Waals surface area contributed by atoms with Gasteiger partial charge < -0.3 is 9.84 Å². The van der Waals surface area contributed by atoms with Crippen molar-refractivity contribution in [2.24, 2.45) is 5.10 Å². The van der Waals surface area contributed by atoms with Crippen LogP contribution in [0, 0.1) is 11.3 Å². The maximum absolute atomic E-state index is 9.52. The number of nitrogens with one attached hydrogen (secondary N) is 1. The second-order valence-corrected chi connectivity index (χ2v) is 5.28. The van der Waals surface area contributed by atoms with Crippen molar-refractivity contribution in [3.63, 3.8) is 0 Å². The molecule has 0 saturated heterocycles. The summed E-state index contributed by atoms with van der Waals surface area (Å²) in [5.41, 5.74) is 3.25. The SMILES string of the molecule is COc1cc(/C=N/Nc2nc(Cl)c(C#N)c(Cl)c2Cl)ccc1O. The second kappa shape index (κ2) is 7.38. The molecule has 2 N–H and O–H groups in total. The minimum atomic E-state index is -0.0779. The predicted octanol–water partition coefficient (Wildman–Crippen LogP) is 4.07. The molecular weight excluding hydrogens is 363 g/mol. The molecule has 0 atom stereocenters. The van der Waals surface area contributed by atoms with E-state index in [4.69, 9.17) is 44.8 Å². The summed E-state index contributed by atoms with van der Waals surface area (Å²) in [6, 6.07) is 6.52. The fourth-order valence-corrected chi connectivity index (χ4v) is 2.29. The third-order valence-electron chi connectivity index (χ3n) is 2.74. The molecule has 0 unspecified atom stereocenters. The Hall–Kier alpha value is -2.20. The first-order valence-corrected chi connectivity index (χ1v) is 7.22. The zero-order valence-electron chi connectivity index (χ0n) is 11.6. The third kappa shape index (κ3) is 3.77. The van der Waals surface area contributed by atoms with Crippen LogP contribution in [0.4, 0.5) is 5.82 Å². The largest absolute Gasteiger partial charge is 0.504 e. The number of phenolic OH excluding ortho intramolecular Hbond substituents is 1. The molecule has 1 aromatic carbocycles. The smallest absolute Gasteiger partial charge is 0.168 e. The van der Waals surface area contributed by atoms with Crippen LogP contribution < -0.4 is 10.2 Å². The topological polar surface area (TPSA) is 90.5 Å². The van der Waals surface area contributed by atoms with E-state index in [0.717, 1.165) is 0 Å². The lowest BCUT2D eigenvalue weighted by atomic mass is 10.2. The fraction of sp³-hybridized carbons (Fsp3) is 0.0714. The van der Waals surface area contributed by atoms with Gasteiger partial charge in [-0.15, -0.1) is 0 Å². The van der Waals surface area contributed by atoms with Crippen LogP contribution >= 0.6 is 34.8 Å². The second-order valence-electron chi connectivity index (χ2n) is 4.17. The van der Waals surface area contributed by atoms with Crippen LogP contribution in [0.1, 0.15) is 11.1 Å². The van der Waals surface area contributed by atoms with Crippen molar-refractivity contribution in [1.82, 2.24) is 4.98 Å². The van der Waals surface area contributed by atoms with Crippen molar-refractivity contribution in [3.8, 4) is 17.6 Å². The summed E-state index contributed by atoms with van der Waals surface area (Å²) in [5, 5.41) is 22.3. The van der Waals surface area contributed by atoms with Gasteiger partial charge >= 0.3 is 0 Å². The number of rotatable bonds is 4. The fourth-order valence-electron chi connectivity index (χ4n) is 1.62. The van der Waals surface area contributed by atoms with E-state index in [-0.39, 0.29) is 32.3 Å². The monoisotopic (exact) mass is 370 g/mol. The lowest BCUT2D eigenvalue weighted by Crippen LogP contribution is -1.98. The summed E-state index contributed by atoms with van der Waals surface area (Å²) >= 11 is 17.8. The first kappa shape index (κ1) is 17.2. The summed E-state index contributed by atoms with van der Waals surface area (Å²) in [4.78, 5) is 3.92. The van der Waals surface area contributed by atoms with Gasteiger partial charge in [-0.2, -0.15) is 10.4 Å². The van der Waals surface area contributed by atoms with Crippen LogP contribution in [0.25, 0.3) is 0 Å². The number of hydrazone groups is 1. The Bertz CT molecular complexity index is 819. The molecule has 6 nitrogen and oxygen atoms in total. The van der Waals surface area contributed by atoms with Gasteiger partial charge in [0.1, 0.15) is 16.7 Å². The van der Waals surface area contributed by atoms with Gasteiger partial charge in [-0.05, 0) is 23.8 Å². The summed E-state index contributed by atoms with van der Waals surface area (Å²) in [6.07, 6.45) is 1.46. The number of aromatic hydroxyl groups is 1. The lowest BCUT2D eigenvalue weighted by Gasteiger charge is -2.07. The zero-order chi connectivity index (χ0) is 17.0. The van der Waals surface area contributed by atoms with Crippen molar-refractivity contribution in [1.29, 1.82) is 5.26 Å². The normalized spacial score (nSPS) is 10.6. The number of nitriles is 1.